The Hall–Kier alpha value is -1.09. The Kier molecular flexibility index (Phi) is 6.31. The second kappa shape index (κ2) is 8.25. The van der Waals surface area contributed by atoms with Gasteiger partial charge in [-0.2, -0.15) is 5.10 Å². The van der Waals surface area contributed by atoms with Crippen molar-refractivity contribution in [2.75, 3.05) is 6.54 Å². The first-order valence-electron chi connectivity index (χ1n) is 8.27. The van der Waals surface area contributed by atoms with Gasteiger partial charge in [-0.25, -0.2) is 0 Å². The van der Waals surface area contributed by atoms with Gasteiger partial charge in [0.1, 0.15) is 0 Å². The van der Waals surface area contributed by atoms with Crippen molar-refractivity contribution in [3.05, 3.63) is 29.6 Å². The largest absolute Gasteiger partial charge is 0.310 e. The quantitative estimate of drug-likeness (QED) is 0.720. The number of nitrogens with one attached hydrogen (secondary N) is 1. The minimum absolute atomic E-state index is 0.435. The van der Waals surface area contributed by atoms with Gasteiger partial charge in [0, 0.05) is 24.3 Å². The first-order chi connectivity index (χ1) is 9.83. The van der Waals surface area contributed by atoms with Crippen LogP contribution in [0.3, 0.4) is 0 Å². The Morgan fingerprint density at radius 2 is 2.20 bits per heavy atom. The zero-order valence-corrected chi connectivity index (χ0v) is 13.1. The van der Waals surface area contributed by atoms with Crippen molar-refractivity contribution >= 4 is 0 Å². The van der Waals surface area contributed by atoms with Crippen LogP contribution in [0.15, 0.2) is 24.0 Å². The van der Waals surface area contributed by atoms with Gasteiger partial charge in [0.25, 0.3) is 0 Å². The number of allylic oxidation sites excluding steroid dienone is 1. The van der Waals surface area contributed by atoms with E-state index in [0.717, 1.165) is 25.9 Å². The molecule has 3 heteroatoms. The van der Waals surface area contributed by atoms with Crippen LogP contribution in [-0.4, -0.2) is 16.3 Å². The molecule has 1 aliphatic carbocycles. The molecule has 1 N–H and O–H groups in total. The van der Waals surface area contributed by atoms with Gasteiger partial charge in [-0.05, 0) is 51.5 Å². The van der Waals surface area contributed by atoms with E-state index in [1.54, 1.807) is 5.57 Å². The summed E-state index contributed by atoms with van der Waals surface area (Å²) in [5.74, 6) is 0. The Morgan fingerprint density at radius 3 is 2.90 bits per heavy atom. The third-order valence-corrected chi connectivity index (χ3v) is 4.00. The maximum absolute atomic E-state index is 4.49. The fourth-order valence-corrected chi connectivity index (χ4v) is 2.89. The molecule has 1 aliphatic rings. The summed E-state index contributed by atoms with van der Waals surface area (Å²) >= 11 is 0. The summed E-state index contributed by atoms with van der Waals surface area (Å²) in [6.45, 7) is 6.52. The molecule has 0 bridgehead atoms. The maximum Gasteiger partial charge on any atom is 0.0537 e. The lowest BCUT2D eigenvalue weighted by molar-refractivity contribution is 0.510. The molecule has 1 atom stereocenters. The molecule has 0 radical (unpaired) electrons. The molecule has 3 nitrogen and oxygen atoms in total. The van der Waals surface area contributed by atoms with Gasteiger partial charge in [-0.1, -0.05) is 25.5 Å². The van der Waals surface area contributed by atoms with Crippen LogP contribution >= 0.6 is 0 Å². The highest BCUT2D eigenvalue weighted by molar-refractivity contribution is 5.16. The molecule has 2 rings (SSSR count). The molecule has 0 saturated heterocycles. The zero-order valence-electron chi connectivity index (χ0n) is 13.1. The summed E-state index contributed by atoms with van der Waals surface area (Å²) in [5.41, 5.74) is 2.98. The first kappa shape index (κ1) is 15.3. The fraction of sp³-hybridized carbons (Fsp3) is 0.706. The second-order valence-electron chi connectivity index (χ2n) is 5.86. The van der Waals surface area contributed by atoms with Crippen LogP contribution < -0.4 is 5.32 Å². The van der Waals surface area contributed by atoms with E-state index in [4.69, 9.17) is 0 Å². The number of rotatable bonds is 8. The minimum atomic E-state index is 0.435. The zero-order chi connectivity index (χ0) is 14.2. The molecule has 1 unspecified atom stereocenters. The minimum Gasteiger partial charge on any atom is -0.310 e. The lowest BCUT2D eigenvalue weighted by atomic mass is 9.92. The summed E-state index contributed by atoms with van der Waals surface area (Å²) in [6, 6.07) is 0.435. The van der Waals surface area contributed by atoms with E-state index in [2.05, 4.69) is 41.2 Å². The van der Waals surface area contributed by atoms with Crippen LogP contribution in [0.25, 0.3) is 0 Å². The van der Waals surface area contributed by atoms with Crippen molar-refractivity contribution < 1.29 is 0 Å². The van der Waals surface area contributed by atoms with Gasteiger partial charge < -0.3 is 5.32 Å². The van der Waals surface area contributed by atoms with Gasteiger partial charge in [-0.3, -0.25) is 4.68 Å². The van der Waals surface area contributed by atoms with Gasteiger partial charge in [0.2, 0.25) is 0 Å². The third kappa shape index (κ3) is 4.48. The van der Waals surface area contributed by atoms with Crippen molar-refractivity contribution in [3.8, 4) is 0 Å². The average Bonchev–Trinajstić information content (AvgIpc) is 2.93. The number of hydrogen-bond acceptors (Lipinski definition) is 2. The molecular weight excluding hydrogens is 246 g/mol. The van der Waals surface area contributed by atoms with Crippen molar-refractivity contribution in [1.82, 2.24) is 15.1 Å². The summed E-state index contributed by atoms with van der Waals surface area (Å²) in [5, 5.41) is 8.18. The van der Waals surface area contributed by atoms with Crippen LogP contribution in [0.5, 0.6) is 0 Å². The summed E-state index contributed by atoms with van der Waals surface area (Å²) in [7, 11) is 0. The predicted molar refractivity (Wildman–Crippen MR) is 84.7 cm³/mol. The van der Waals surface area contributed by atoms with Gasteiger partial charge in [-0.15, -0.1) is 0 Å². The Bertz CT molecular complexity index is 420. The van der Waals surface area contributed by atoms with Crippen LogP contribution in [0.1, 0.15) is 70.4 Å². The molecule has 1 aromatic heterocycles. The van der Waals surface area contributed by atoms with E-state index < -0.39 is 0 Å². The summed E-state index contributed by atoms with van der Waals surface area (Å²) in [4.78, 5) is 0. The second-order valence-corrected chi connectivity index (χ2v) is 5.86. The molecule has 20 heavy (non-hydrogen) atoms. The molecular formula is C17H29N3. The highest BCUT2D eigenvalue weighted by Gasteiger charge is 2.16. The van der Waals surface area contributed by atoms with E-state index in [1.807, 2.05) is 6.20 Å². The molecule has 0 amide bonds. The molecule has 0 spiro atoms. The molecule has 0 aliphatic heterocycles. The number of hydrogen-bond donors (Lipinski definition) is 1. The maximum atomic E-state index is 4.49. The number of aromatic nitrogens is 2. The van der Waals surface area contributed by atoms with E-state index in [1.165, 1.54) is 37.7 Å². The van der Waals surface area contributed by atoms with Gasteiger partial charge in [0.05, 0.1) is 6.20 Å². The van der Waals surface area contributed by atoms with Gasteiger partial charge >= 0.3 is 0 Å². The van der Waals surface area contributed by atoms with Crippen molar-refractivity contribution in [3.63, 3.8) is 0 Å². The number of aryl methyl sites for hydroxylation is 1. The van der Waals surface area contributed by atoms with Crippen LogP contribution in [0.2, 0.25) is 0 Å². The van der Waals surface area contributed by atoms with Crippen LogP contribution in [0, 0.1) is 0 Å². The van der Waals surface area contributed by atoms with E-state index >= 15 is 0 Å². The lowest BCUT2D eigenvalue weighted by Gasteiger charge is -2.21. The van der Waals surface area contributed by atoms with E-state index in [-0.39, 0.29) is 0 Å². The Balaban J connectivity index is 2.02. The smallest absolute Gasteiger partial charge is 0.0537 e. The molecule has 112 valence electrons. The predicted octanol–water partition coefficient (Wildman–Crippen LogP) is 4.22. The number of nitrogens with zero attached hydrogens (tertiary/aromatic N) is 2. The molecule has 0 fully saturated rings. The average molecular weight is 275 g/mol. The van der Waals surface area contributed by atoms with Crippen molar-refractivity contribution in [2.45, 2.75) is 71.4 Å². The monoisotopic (exact) mass is 275 g/mol. The Morgan fingerprint density at radius 1 is 1.30 bits per heavy atom. The third-order valence-electron chi connectivity index (χ3n) is 4.00. The van der Waals surface area contributed by atoms with Crippen molar-refractivity contribution in [1.29, 1.82) is 0 Å². The highest BCUT2D eigenvalue weighted by Crippen LogP contribution is 2.27. The van der Waals surface area contributed by atoms with Crippen LogP contribution in [0.4, 0.5) is 0 Å². The first-order valence-corrected chi connectivity index (χ1v) is 8.27. The fourth-order valence-electron chi connectivity index (χ4n) is 2.89. The van der Waals surface area contributed by atoms with Gasteiger partial charge in [0.15, 0.2) is 0 Å². The lowest BCUT2D eigenvalue weighted by Crippen LogP contribution is -2.22. The normalized spacial score (nSPS) is 17.0. The van der Waals surface area contributed by atoms with E-state index in [9.17, 15) is 0 Å². The summed E-state index contributed by atoms with van der Waals surface area (Å²) < 4.78 is 2.07. The van der Waals surface area contributed by atoms with E-state index in [0.29, 0.717) is 6.04 Å². The molecule has 0 aromatic carbocycles. The topological polar surface area (TPSA) is 29.9 Å². The standard InChI is InChI=1S/C17H29N3/c1-3-10-18-17(12-15-8-6-5-7-9-15)16-13-19-20(14-16)11-4-2/h8,13-14,17-18H,3-7,9-12H2,1-2H3. The van der Waals surface area contributed by atoms with Crippen molar-refractivity contribution in [2.24, 2.45) is 0 Å². The molecule has 1 heterocycles. The Labute approximate surface area is 123 Å². The molecule has 1 aromatic rings. The SMILES string of the molecule is CCCNC(CC1=CCCCC1)c1cnn(CCC)c1. The molecule has 0 saturated carbocycles. The summed E-state index contributed by atoms with van der Waals surface area (Å²) in [6.07, 6.45) is 15.5. The van der Waals surface area contributed by atoms with Crippen LogP contribution in [-0.2, 0) is 6.54 Å². The highest BCUT2D eigenvalue weighted by atomic mass is 15.3.